The molecule has 0 spiro atoms. The molecule has 0 aliphatic rings. The van der Waals surface area contributed by atoms with Gasteiger partial charge in [-0.2, -0.15) is 0 Å². The molecule has 1 rings (SSSR count). The summed E-state index contributed by atoms with van der Waals surface area (Å²) in [5.74, 6) is 0. The van der Waals surface area contributed by atoms with E-state index in [-0.39, 0.29) is 0 Å². The van der Waals surface area contributed by atoms with Crippen LogP contribution in [0.4, 0.5) is 0 Å². The van der Waals surface area contributed by atoms with Crippen molar-refractivity contribution in [2.24, 2.45) is 0 Å². The maximum Gasteiger partial charge on any atom is 0.331 e. The van der Waals surface area contributed by atoms with Crippen LogP contribution in [0.25, 0.3) is 6.08 Å². The van der Waals surface area contributed by atoms with Crippen molar-refractivity contribution in [3.63, 3.8) is 0 Å². The minimum atomic E-state index is -1.95. The molecule has 1 aromatic carbocycles. The Morgan fingerprint density at radius 3 is 2.45 bits per heavy atom. The molecule has 0 N–H and O–H groups in total. The summed E-state index contributed by atoms with van der Waals surface area (Å²) in [6.07, 6.45) is 9.12. The lowest BCUT2D eigenvalue weighted by Crippen LogP contribution is -2.35. The summed E-state index contributed by atoms with van der Waals surface area (Å²) in [7, 11) is -1.95. The summed E-state index contributed by atoms with van der Waals surface area (Å²) in [6, 6.07) is 10.3. The average Bonchev–Trinajstić information content (AvgIpc) is 2.44. The topological polar surface area (TPSA) is 18.5 Å². The van der Waals surface area contributed by atoms with Gasteiger partial charge < -0.3 is 8.85 Å². The minimum Gasteiger partial charge on any atom is -0.395 e. The predicted octanol–water partition coefficient (Wildman–Crippen LogP) is 5.02. The van der Waals surface area contributed by atoms with Gasteiger partial charge >= 0.3 is 8.56 Å². The average molecular weight is 292 g/mol. The Labute approximate surface area is 125 Å². The number of unbranched alkanes of at least 4 members (excludes halogenated alkanes) is 3. The van der Waals surface area contributed by atoms with Crippen molar-refractivity contribution < 1.29 is 8.85 Å². The molecule has 112 valence electrons. The van der Waals surface area contributed by atoms with Crippen LogP contribution >= 0.6 is 0 Å². The smallest absolute Gasteiger partial charge is 0.331 e. The Morgan fingerprint density at radius 2 is 1.75 bits per heavy atom. The van der Waals surface area contributed by atoms with Crippen LogP contribution in [0, 0.1) is 0 Å². The van der Waals surface area contributed by atoms with Crippen molar-refractivity contribution in [1.29, 1.82) is 0 Å². The van der Waals surface area contributed by atoms with Crippen LogP contribution < -0.4 is 0 Å². The van der Waals surface area contributed by atoms with E-state index >= 15 is 0 Å². The molecular weight excluding hydrogens is 264 g/mol. The fraction of sp³-hybridized carbons (Fsp3) is 0.529. The van der Waals surface area contributed by atoms with Gasteiger partial charge in [0.25, 0.3) is 0 Å². The van der Waals surface area contributed by atoms with E-state index in [0.717, 1.165) is 13.0 Å². The quantitative estimate of drug-likeness (QED) is 0.445. The zero-order valence-electron chi connectivity index (χ0n) is 13.1. The molecule has 0 aliphatic heterocycles. The number of hydrogen-bond acceptors (Lipinski definition) is 2. The molecule has 20 heavy (non-hydrogen) atoms. The third kappa shape index (κ3) is 8.30. The van der Waals surface area contributed by atoms with E-state index in [1.807, 2.05) is 18.2 Å². The fourth-order valence-electron chi connectivity index (χ4n) is 1.89. The van der Waals surface area contributed by atoms with E-state index in [1.54, 1.807) is 0 Å². The standard InChI is InChI=1S/C17H28O2Si/c1-4-5-6-10-15-18-20(2,3)19-16-11-14-17-12-8-7-9-13-17/h7-9,11-14H,4-6,10,15-16H2,1-3H3/b14-11+. The maximum atomic E-state index is 5.91. The first-order valence-electron chi connectivity index (χ1n) is 7.63. The summed E-state index contributed by atoms with van der Waals surface area (Å²) >= 11 is 0. The summed E-state index contributed by atoms with van der Waals surface area (Å²) in [5, 5.41) is 0. The van der Waals surface area contributed by atoms with Gasteiger partial charge in [0.1, 0.15) is 0 Å². The highest BCUT2D eigenvalue weighted by atomic mass is 28.4. The summed E-state index contributed by atoms with van der Waals surface area (Å²) < 4.78 is 11.8. The van der Waals surface area contributed by atoms with E-state index in [2.05, 4.69) is 44.3 Å². The number of rotatable bonds is 10. The van der Waals surface area contributed by atoms with Gasteiger partial charge in [-0.15, -0.1) is 0 Å². The lowest BCUT2D eigenvalue weighted by atomic mass is 10.2. The number of benzene rings is 1. The molecule has 0 unspecified atom stereocenters. The largest absolute Gasteiger partial charge is 0.395 e. The highest BCUT2D eigenvalue weighted by molar-refractivity contribution is 6.64. The molecule has 0 bridgehead atoms. The lowest BCUT2D eigenvalue weighted by Gasteiger charge is -2.22. The van der Waals surface area contributed by atoms with Crippen LogP contribution in [0.2, 0.25) is 13.1 Å². The lowest BCUT2D eigenvalue weighted by molar-refractivity contribution is 0.191. The SMILES string of the molecule is CCCCCCO[Si](C)(C)OC/C=C/c1ccccc1. The van der Waals surface area contributed by atoms with E-state index in [4.69, 9.17) is 8.85 Å². The Morgan fingerprint density at radius 1 is 1.00 bits per heavy atom. The van der Waals surface area contributed by atoms with E-state index in [0.29, 0.717) is 6.61 Å². The van der Waals surface area contributed by atoms with Crippen LogP contribution in [0.15, 0.2) is 36.4 Å². The van der Waals surface area contributed by atoms with Gasteiger partial charge in [0.15, 0.2) is 0 Å². The Bertz CT molecular complexity index is 374. The fourth-order valence-corrected chi connectivity index (χ4v) is 3.10. The third-order valence-electron chi connectivity index (χ3n) is 3.08. The van der Waals surface area contributed by atoms with Crippen LogP contribution in [-0.2, 0) is 8.85 Å². The molecule has 1 aromatic rings. The van der Waals surface area contributed by atoms with Gasteiger partial charge in [0, 0.05) is 6.61 Å². The van der Waals surface area contributed by atoms with Crippen LogP contribution in [0.3, 0.4) is 0 Å². The van der Waals surface area contributed by atoms with Crippen molar-refractivity contribution in [3.8, 4) is 0 Å². The molecule has 0 saturated carbocycles. The molecule has 0 aromatic heterocycles. The van der Waals surface area contributed by atoms with Crippen molar-refractivity contribution in [2.45, 2.75) is 45.7 Å². The normalized spacial score (nSPS) is 12.2. The Balaban J connectivity index is 2.17. The second-order valence-electron chi connectivity index (χ2n) is 5.43. The summed E-state index contributed by atoms with van der Waals surface area (Å²) in [5.41, 5.74) is 1.20. The maximum absolute atomic E-state index is 5.91. The number of hydrogen-bond donors (Lipinski definition) is 0. The molecule has 3 heteroatoms. The monoisotopic (exact) mass is 292 g/mol. The molecule has 0 heterocycles. The van der Waals surface area contributed by atoms with Gasteiger partial charge in [-0.1, -0.05) is 68.7 Å². The second kappa shape index (κ2) is 9.92. The highest BCUT2D eigenvalue weighted by Crippen LogP contribution is 2.09. The van der Waals surface area contributed by atoms with Crippen molar-refractivity contribution in [3.05, 3.63) is 42.0 Å². The molecule has 0 saturated heterocycles. The molecule has 0 atom stereocenters. The van der Waals surface area contributed by atoms with Crippen molar-refractivity contribution in [1.82, 2.24) is 0 Å². The van der Waals surface area contributed by atoms with Crippen LogP contribution in [0.5, 0.6) is 0 Å². The van der Waals surface area contributed by atoms with Crippen molar-refractivity contribution >= 4 is 14.6 Å². The summed E-state index contributed by atoms with van der Waals surface area (Å²) in [6.45, 7) is 7.92. The van der Waals surface area contributed by atoms with E-state index in [1.165, 1.54) is 24.8 Å². The van der Waals surface area contributed by atoms with Crippen molar-refractivity contribution in [2.75, 3.05) is 13.2 Å². The zero-order chi connectivity index (χ0) is 14.7. The van der Waals surface area contributed by atoms with Crippen LogP contribution in [0.1, 0.15) is 38.2 Å². The summed E-state index contributed by atoms with van der Waals surface area (Å²) in [4.78, 5) is 0. The second-order valence-corrected chi connectivity index (χ2v) is 8.81. The first-order chi connectivity index (χ1) is 9.64. The van der Waals surface area contributed by atoms with Gasteiger partial charge in [-0.3, -0.25) is 0 Å². The van der Waals surface area contributed by atoms with Gasteiger partial charge in [-0.05, 0) is 25.1 Å². The minimum absolute atomic E-state index is 0.628. The molecule has 2 nitrogen and oxygen atoms in total. The van der Waals surface area contributed by atoms with E-state index < -0.39 is 8.56 Å². The highest BCUT2D eigenvalue weighted by Gasteiger charge is 2.23. The molecule has 0 aliphatic carbocycles. The third-order valence-corrected chi connectivity index (χ3v) is 4.85. The zero-order valence-corrected chi connectivity index (χ0v) is 14.1. The Hall–Kier alpha value is -0.903. The van der Waals surface area contributed by atoms with Gasteiger partial charge in [0.05, 0.1) is 6.61 Å². The molecule has 0 radical (unpaired) electrons. The van der Waals surface area contributed by atoms with E-state index in [9.17, 15) is 0 Å². The Kier molecular flexibility index (Phi) is 8.50. The van der Waals surface area contributed by atoms with Gasteiger partial charge in [0.2, 0.25) is 0 Å². The van der Waals surface area contributed by atoms with Gasteiger partial charge in [-0.25, -0.2) is 0 Å². The first kappa shape index (κ1) is 17.1. The van der Waals surface area contributed by atoms with Crippen LogP contribution in [-0.4, -0.2) is 21.8 Å². The molecular formula is C17H28O2Si. The first-order valence-corrected chi connectivity index (χ1v) is 10.5. The molecule has 0 fully saturated rings. The predicted molar refractivity (Wildman–Crippen MR) is 89.0 cm³/mol. The molecule has 0 amide bonds.